The third kappa shape index (κ3) is 1.48. The second-order valence-electron chi connectivity index (χ2n) is 3.65. The van der Waals surface area contributed by atoms with Gasteiger partial charge >= 0.3 is 0 Å². The molecule has 0 aliphatic heterocycles. The molecular formula is C12H9N3O2. The van der Waals surface area contributed by atoms with Gasteiger partial charge in [0.25, 0.3) is 0 Å². The Morgan fingerprint density at radius 3 is 2.88 bits per heavy atom. The van der Waals surface area contributed by atoms with E-state index in [2.05, 4.69) is 10.1 Å². The van der Waals surface area contributed by atoms with Gasteiger partial charge < -0.3 is 15.4 Å². The van der Waals surface area contributed by atoms with Gasteiger partial charge in [-0.2, -0.15) is 0 Å². The van der Waals surface area contributed by atoms with Gasteiger partial charge in [0.15, 0.2) is 11.6 Å². The second kappa shape index (κ2) is 3.48. The lowest BCUT2D eigenvalue weighted by atomic mass is 10.1. The third-order valence-electron chi connectivity index (χ3n) is 2.54. The SMILES string of the molecule is Nc1cc(-c2ccc(O)c3ncccc23)on1. The number of hydrogen-bond donors (Lipinski definition) is 2. The Labute approximate surface area is 96.5 Å². The number of benzene rings is 1. The molecule has 0 spiro atoms. The van der Waals surface area contributed by atoms with Crippen LogP contribution < -0.4 is 5.73 Å². The number of rotatable bonds is 1. The van der Waals surface area contributed by atoms with Crippen LogP contribution in [-0.4, -0.2) is 15.2 Å². The highest BCUT2D eigenvalue weighted by molar-refractivity contribution is 5.96. The van der Waals surface area contributed by atoms with Crippen LogP contribution in [-0.2, 0) is 0 Å². The van der Waals surface area contributed by atoms with Crippen molar-refractivity contribution in [2.45, 2.75) is 0 Å². The molecule has 5 heteroatoms. The number of phenolic OH excluding ortho intramolecular Hbond substituents is 1. The van der Waals surface area contributed by atoms with Gasteiger partial charge in [0.2, 0.25) is 0 Å². The molecule has 1 aromatic carbocycles. The summed E-state index contributed by atoms with van der Waals surface area (Å²) >= 11 is 0. The maximum absolute atomic E-state index is 9.71. The van der Waals surface area contributed by atoms with Crippen LogP contribution in [0, 0.1) is 0 Å². The number of nitrogens with two attached hydrogens (primary N) is 1. The van der Waals surface area contributed by atoms with Crippen LogP contribution in [0.3, 0.4) is 0 Å². The molecule has 0 atom stereocenters. The van der Waals surface area contributed by atoms with Gasteiger partial charge in [-0.05, 0) is 18.2 Å². The van der Waals surface area contributed by atoms with Crippen LogP contribution in [0.4, 0.5) is 5.82 Å². The Kier molecular flexibility index (Phi) is 1.98. The first kappa shape index (κ1) is 9.65. The minimum Gasteiger partial charge on any atom is -0.506 e. The van der Waals surface area contributed by atoms with Crippen molar-refractivity contribution in [2.75, 3.05) is 5.73 Å². The zero-order valence-electron chi connectivity index (χ0n) is 8.79. The lowest BCUT2D eigenvalue weighted by Gasteiger charge is -2.03. The summed E-state index contributed by atoms with van der Waals surface area (Å²) in [6.07, 6.45) is 1.63. The highest BCUT2D eigenvalue weighted by Gasteiger charge is 2.11. The van der Waals surface area contributed by atoms with Crippen molar-refractivity contribution in [1.82, 2.24) is 10.1 Å². The fraction of sp³-hybridized carbons (Fsp3) is 0. The molecule has 5 nitrogen and oxygen atoms in total. The molecule has 0 bridgehead atoms. The van der Waals surface area contributed by atoms with Crippen molar-refractivity contribution < 1.29 is 9.63 Å². The van der Waals surface area contributed by atoms with Crippen molar-refractivity contribution in [3.05, 3.63) is 36.5 Å². The highest BCUT2D eigenvalue weighted by atomic mass is 16.5. The minimum atomic E-state index is 0.136. The summed E-state index contributed by atoms with van der Waals surface area (Å²) < 4.78 is 5.11. The van der Waals surface area contributed by atoms with Gasteiger partial charge in [-0.1, -0.05) is 11.2 Å². The summed E-state index contributed by atoms with van der Waals surface area (Å²) in [6, 6.07) is 8.61. The third-order valence-corrected chi connectivity index (χ3v) is 2.54. The molecule has 0 radical (unpaired) electrons. The average molecular weight is 227 g/mol. The molecule has 0 saturated carbocycles. The summed E-state index contributed by atoms with van der Waals surface area (Å²) in [7, 11) is 0. The number of pyridine rings is 1. The standard InChI is InChI=1S/C12H9N3O2/c13-11-6-10(17-15-11)7-3-4-9(16)12-8(7)2-1-5-14-12/h1-6,16H,(H2,13,15). The number of fused-ring (bicyclic) bond motifs is 1. The number of aromatic hydroxyl groups is 1. The molecule has 3 aromatic rings. The molecular weight excluding hydrogens is 218 g/mol. The number of nitrogens with zero attached hydrogens (tertiary/aromatic N) is 2. The van der Waals surface area contributed by atoms with Crippen molar-refractivity contribution in [3.63, 3.8) is 0 Å². The van der Waals surface area contributed by atoms with Crippen LogP contribution in [0.25, 0.3) is 22.2 Å². The Hall–Kier alpha value is -2.56. The molecule has 17 heavy (non-hydrogen) atoms. The Balaban J connectivity index is 2.34. The molecule has 3 rings (SSSR count). The van der Waals surface area contributed by atoms with Crippen LogP contribution >= 0.6 is 0 Å². The maximum Gasteiger partial charge on any atom is 0.169 e. The van der Waals surface area contributed by atoms with E-state index in [0.717, 1.165) is 10.9 Å². The van der Waals surface area contributed by atoms with E-state index in [1.807, 2.05) is 6.07 Å². The van der Waals surface area contributed by atoms with Gasteiger partial charge in [0.05, 0.1) is 0 Å². The normalized spacial score (nSPS) is 10.8. The van der Waals surface area contributed by atoms with Crippen molar-refractivity contribution >= 4 is 16.7 Å². The fourth-order valence-electron chi connectivity index (χ4n) is 1.79. The van der Waals surface area contributed by atoms with E-state index in [1.165, 1.54) is 0 Å². The lowest BCUT2D eigenvalue weighted by molar-refractivity contribution is 0.436. The van der Waals surface area contributed by atoms with E-state index in [0.29, 0.717) is 17.1 Å². The number of nitrogen functional groups attached to an aromatic ring is 1. The Morgan fingerprint density at radius 2 is 2.12 bits per heavy atom. The molecule has 0 amide bonds. The zero-order valence-corrected chi connectivity index (χ0v) is 8.79. The van der Waals surface area contributed by atoms with E-state index in [4.69, 9.17) is 10.3 Å². The monoisotopic (exact) mass is 227 g/mol. The Morgan fingerprint density at radius 1 is 1.24 bits per heavy atom. The van der Waals surface area contributed by atoms with Gasteiger partial charge in [0, 0.05) is 23.2 Å². The number of aromatic nitrogens is 2. The molecule has 0 aliphatic carbocycles. The molecule has 0 saturated heterocycles. The number of phenols is 1. The summed E-state index contributed by atoms with van der Waals surface area (Å²) in [5.41, 5.74) is 6.85. The quantitative estimate of drug-likeness (QED) is 0.665. The maximum atomic E-state index is 9.71. The molecule has 0 aliphatic rings. The van der Waals surface area contributed by atoms with Gasteiger partial charge in [-0.3, -0.25) is 4.98 Å². The first-order chi connectivity index (χ1) is 8.25. The van der Waals surface area contributed by atoms with E-state index in [1.54, 1.807) is 30.5 Å². The predicted octanol–water partition coefficient (Wildman–Crippen LogP) is 2.18. The van der Waals surface area contributed by atoms with Crippen LogP contribution in [0.1, 0.15) is 0 Å². The summed E-state index contributed by atoms with van der Waals surface area (Å²) in [6.45, 7) is 0. The predicted molar refractivity (Wildman–Crippen MR) is 63.3 cm³/mol. The van der Waals surface area contributed by atoms with Crippen LogP contribution in [0.5, 0.6) is 5.75 Å². The summed E-state index contributed by atoms with van der Waals surface area (Å²) in [5.74, 6) is 1.02. The smallest absolute Gasteiger partial charge is 0.169 e. The van der Waals surface area contributed by atoms with Gasteiger partial charge in [-0.25, -0.2) is 0 Å². The fourth-order valence-corrected chi connectivity index (χ4v) is 1.79. The van der Waals surface area contributed by atoms with Crippen LogP contribution in [0.15, 0.2) is 41.1 Å². The lowest BCUT2D eigenvalue weighted by Crippen LogP contribution is -1.83. The van der Waals surface area contributed by atoms with Gasteiger partial charge in [-0.15, -0.1) is 0 Å². The first-order valence-corrected chi connectivity index (χ1v) is 5.05. The molecule has 0 unspecified atom stereocenters. The molecule has 84 valence electrons. The van der Waals surface area contributed by atoms with E-state index in [9.17, 15) is 5.11 Å². The topological polar surface area (TPSA) is 85.2 Å². The molecule has 2 aromatic heterocycles. The second-order valence-corrected chi connectivity index (χ2v) is 3.65. The number of hydrogen-bond acceptors (Lipinski definition) is 5. The zero-order chi connectivity index (χ0) is 11.8. The van der Waals surface area contributed by atoms with E-state index in [-0.39, 0.29) is 5.75 Å². The van der Waals surface area contributed by atoms with E-state index >= 15 is 0 Å². The Bertz CT molecular complexity index is 691. The van der Waals surface area contributed by atoms with Crippen molar-refractivity contribution in [1.29, 1.82) is 0 Å². The van der Waals surface area contributed by atoms with Crippen molar-refractivity contribution in [2.24, 2.45) is 0 Å². The average Bonchev–Trinajstić information content (AvgIpc) is 2.77. The molecule has 3 N–H and O–H groups in total. The first-order valence-electron chi connectivity index (χ1n) is 5.05. The van der Waals surface area contributed by atoms with Crippen molar-refractivity contribution in [3.8, 4) is 17.1 Å². The summed E-state index contributed by atoms with van der Waals surface area (Å²) in [4.78, 5) is 4.13. The highest BCUT2D eigenvalue weighted by Crippen LogP contribution is 2.32. The van der Waals surface area contributed by atoms with Gasteiger partial charge in [0.1, 0.15) is 11.3 Å². The summed E-state index contributed by atoms with van der Waals surface area (Å²) in [5, 5.41) is 14.2. The van der Waals surface area contributed by atoms with E-state index < -0.39 is 0 Å². The minimum absolute atomic E-state index is 0.136. The van der Waals surface area contributed by atoms with Crippen LogP contribution in [0.2, 0.25) is 0 Å². The number of anilines is 1. The molecule has 0 fully saturated rings. The molecule has 2 heterocycles. The largest absolute Gasteiger partial charge is 0.506 e.